The number of carbonyl (C=O) groups excluding carboxylic acids is 1. The number of hydrogen-bond donors (Lipinski definition) is 3. The largest absolute Gasteiger partial charge is 0.392 e. The number of nitrogens with two attached hydrogens (primary N) is 1. The zero-order valence-corrected chi connectivity index (χ0v) is 9.90. The van der Waals surface area contributed by atoms with Crippen LogP contribution in [0.25, 0.3) is 0 Å². The van der Waals surface area contributed by atoms with Crippen LogP contribution >= 0.6 is 0 Å². The van der Waals surface area contributed by atoms with Crippen molar-refractivity contribution in [1.82, 2.24) is 5.32 Å². The van der Waals surface area contributed by atoms with E-state index in [1.165, 1.54) is 19.1 Å². The molecule has 1 rings (SSSR count). The van der Waals surface area contributed by atoms with Crippen LogP contribution in [0.4, 0.5) is 4.39 Å². The molecule has 0 heterocycles. The topological polar surface area (TPSA) is 75.4 Å². The molecule has 2 unspecified atom stereocenters. The molecule has 0 aromatic heterocycles. The Morgan fingerprint density at radius 2 is 2.24 bits per heavy atom. The summed E-state index contributed by atoms with van der Waals surface area (Å²) >= 11 is 0. The Hall–Kier alpha value is -1.46. The second kappa shape index (κ2) is 5.75. The van der Waals surface area contributed by atoms with Crippen molar-refractivity contribution < 1.29 is 14.3 Å². The Balaban J connectivity index is 2.64. The van der Waals surface area contributed by atoms with Crippen molar-refractivity contribution in [2.45, 2.75) is 26.0 Å². The van der Waals surface area contributed by atoms with E-state index in [0.717, 1.165) is 5.56 Å². The van der Waals surface area contributed by atoms with E-state index in [4.69, 9.17) is 10.8 Å². The van der Waals surface area contributed by atoms with E-state index >= 15 is 0 Å². The molecule has 4 N–H and O–H groups in total. The van der Waals surface area contributed by atoms with Crippen LogP contribution < -0.4 is 11.1 Å². The molecule has 1 amide bonds. The number of benzene rings is 1. The molecule has 2 atom stereocenters. The summed E-state index contributed by atoms with van der Waals surface area (Å²) in [5, 5.41) is 11.6. The lowest BCUT2D eigenvalue weighted by molar-refractivity contribution is 0.0933. The summed E-state index contributed by atoms with van der Waals surface area (Å²) in [5.74, 6) is -1.09. The molecule has 0 aliphatic heterocycles. The molecule has 0 aliphatic rings. The minimum Gasteiger partial charge on any atom is -0.392 e. The molecule has 1 aromatic carbocycles. The first-order chi connectivity index (χ1) is 7.91. The average Bonchev–Trinajstić information content (AvgIpc) is 2.25. The summed E-state index contributed by atoms with van der Waals surface area (Å²) in [5.41, 5.74) is 6.28. The maximum Gasteiger partial charge on any atom is 0.254 e. The highest BCUT2D eigenvalue weighted by atomic mass is 19.1. The highest BCUT2D eigenvalue weighted by molar-refractivity contribution is 5.94. The van der Waals surface area contributed by atoms with Crippen molar-refractivity contribution in [3.05, 3.63) is 35.1 Å². The van der Waals surface area contributed by atoms with E-state index in [1.54, 1.807) is 13.0 Å². The van der Waals surface area contributed by atoms with E-state index in [9.17, 15) is 9.18 Å². The smallest absolute Gasteiger partial charge is 0.254 e. The van der Waals surface area contributed by atoms with Crippen molar-refractivity contribution >= 4 is 5.91 Å². The summed E-state index contributed by atoms with van der Waals surface area (Å²) in [6, 6.07) is 3.82. The summed E-state index contributed by atoms with van der Waals surface area (Å²) < 4.78 is 13.4. The molecular weight excluding hydrogens is 223 g/mol. The van der Waals surface area contributed by atoms with Gasteiger partial charge in [-0.2, -0.15) is 0 Å². The van der Waals surface area contributed by atoms with Crippen LogP contribution in [-0.4, -0.2) is 29.7 Å². The number of carbonyl (C=O) groups is 1. The monoisotopic (exact) mass is 240 g/mol. The van der Waals surface area contributed by atoms with Gasteiger partial charge in [0.05, 0.1) is 11.7 Å². The van der Waals surface area contributed by atoms with Gasteiger partial charge < -0.3 is 16.2 Å². The molecule has 0 aliphatic carbocycles. The molecule has 0 fully saturated rings. The number of nitrogens with one attached hydrogen (secondary N) is 1. The summed E-state index contributed by atoms with van der Waals surface area (Å²) in [6.45, 7) is 3.38. The second-order valence-electron chi connectivity index (χ2n) is 4.10. The summed E-state index contributed by atoms with van der Waals surface area (Å²) in [4.78, 5) is 11.6. The fourth-order valence-corrected chi connectivity index (χ4v) is 1.28. The standard InChI is InChI=1S/C12H17FN2O2/c1-7-3-4-9(10(13)5-7)12(17)15-6-11(14)8(2)16/h3-5,8,11,16H,6,14H2,1-2H3,(H,15,17). The van der Waals surface area contributed by atoms with Crippen LogP contribution in [0.3, 0.4) is 0 Å². The number of halogens is 1. The molecule has 4 nitrogen and oxygen atoms in total. The highest BCUT2D eigenvalue weighted by Crippen LogP contribution is 2.09. The molecule has 0 saturated heterocycles. The van der Waals surface area contributed by atoms with Gasteiger partial charge in [0.15, 0.2) is 0 Å². The number of aryl methyl sites for hydroxylation is 1. The Kier molecular flexibility index (Phi) is 4.60. The maximum absolute atomic E-state index is 13.4. The van der Waals surface area contributed by atoms with Gasteiger partial charge in [0.2, 0.25) is 0 Å². The first-order valence-corrected chi connectivity index (χ1v) is 5.40. The lowest BCUT2D eigenvalue weighted by Gasteiger charge is -2.15. The van der Waals surface area contributed by atoms with Gasteiger partial charge >= 0.3 is 0 Å². The van der Waals surface area contributed by atoms with Crippen molar-refractivity contribution in [3.63, 3.8) is 0 Å². The Morgan fingerprint density at radius 1 is 1.59 bits per heavy atom. The first kappa shape index (κ1) is 13.6. The number of aliphatic hydroxyl groups is 1. The van der Waals surface area contributed by atoms with E-state index < -0.39 is 23.9 Å². The van der Waals surface area contributed by atoms with Crippen LogP contribution in [0.2, 0.25) is 0 Å². The number of hydrogen-bond acceptors (Lipinski definition) is 3. The van der Waals surface area contributed by atoms with Crippen LogP contribution in [0, 0.1) is 12.7 Å². The quantitative estimate of drug-likeness (QED) is 0.720. The SMILES string of the molecule is Cc1ccc(C(=O)NCC(N)C(C)O)c(F)c1. The van der Waals surface area contributed by atoms with Gasteiger partial charge in [0.1, 0.15) is 5.82 Å². The number of rotatable bonds is 4. The van der Waals surface area contributed by atoms with Crippen LogP contribution in [0.5, 0.6) is 0 Å². The minimum absolute atomic E-state index is 0.0200. The van der Waals surface area contributed by atoms with Gasteiger partial charge in [-0.1, -0.05) is 6.07 Å². The fourth-order valence-electron chi connectivity index (χ4n) is 1.28. The Labute approximate surface area is 99.6 Å². The summed E-state index contributed by atoms with van der Waals surface area (Å²) in [7, 11) is 0. The molecule has 17 heavy (non-hydrogen) atoms. The van der Waals surface area contributed by atoms with Crippen molar-refractivity contribution in [1.29, 1.82) is 0 Å². The number of aliphatic hydroxyl groups excluding tert-OH is 1. The molecule has 0 radical (unpaired) electrons. The van der Waals surface area contributed by atoms with Crippen LogP contribution in [-0.2, 0) is 0 Å². The van der Waals surface area contributed by atoms with Crippen LogP contribution in [0.15, 0.2) is 18.2 Å². The predicted octanol–water partition coefficient (Wildman–Crippen LogP) is 0.572. The lowest BCUT2D eigenvalue weighted by Crippen LogP contribution is -2.43. The molecule has 0 bridgehead atoms. The van der Waals surface area contributed by atoms with Gasteiger partial charge in [0.25, 0.3) is 5.91 Å². The van der Waals surface area contributed by atoms with Crippen molar-refractivity contribution in [3.8, 4) is 0 Å². The molecule has 0 saturated carbocycles. The molecule has 0 spiro atoms. The van der Waals surface area contributed by atoms with Gasteiger partial charge in [-0.25, -0.2) is 4.39 Å². The van der Waals surface area contributed by atoms with E-state index in [0.29, 0.717) is 0 Å². The fraction of sp³-hybridized carbons (Fsp3) is 0.417. The number of amides is 1. The van der Waals surface area contributed by atoms with Crippen LogP contribution in [0.1, 0.15) is 22.8 Å². The Morgan fingerprint density at radius 3 is 2.76 bits per heavy atom. The normalized spacial score (nSPS) is 14.2. The van der Waals surface area contributed by atoms with E-state index in [1.807, 2.05) is 0 Å². The third-order valence-corrected chi connectivity index (χ3v) is 2.49. The van der Waals surface area contributed by atoms with E-state index in [-0.39, 0.29) is 12.1 Å². The molecular formula is C12H17FN2O2. The Bertz CT molecular complexity index is 407. The lowest BCUT2D eigenvalue weighted by atomic mass is 10.1. The van der Waals surface area contributed by atoms with Gasteiger partial charge in [0, 0.05) is 12.6 Å². The maximum atomic E-state index is 13.4. The van der Waals surface area contributed by atoms with E-state index in [2.05, 4.69) is 5.32 Å². The molecule has 94 valence electrons. The van der Waals surface area contributed by atoms with Crippen molar-refractivity contribution in [2.24, 2.45) is 5.73 Å². The third kappa shape index (κ3) is 3.80. The van der Waals surface area contributed by atoms with Gasteiger partial charge in [-0.05, 0) is 31.5 Å². The van der Waals surface area contributed by atoms with Crippen molar-refractivity contribution in [2.75, 3.05) is 6.54 Å². The van der Waals surface area contributed by atoms with Gasteiger partial charge in [-0.3, -0.25) is 4.79 Å². The highest BCUT2D eigenvalue weighted by Gasteiger charge is 2.14. The zero-order chi connectivity index (χ0) is 13.0. The molecule has 1 aromatic rings. The summed E-state index contributed by atoms with van der Waals surface area (Å²) in [6.07, 6.45) is -0.724. The van der Waals surface area contributed by atoms with Gasteiger partial charge in [-0.15, -0.1) is 0 Å². The second-order valence-corrected chi connectivity index (χ2v) is 4.10. The predicted molar refractivity (Wildman–Crippen MR) is 63.1 cm³/mol. The third-order valence-electron chi connectivity index (χ3n) is 2.49. The molecule has 5 heteroatoms. The zero-order valence-electron chi connectivity index (χ0n) is 9.90. The minimum atomic E-state index is -0.724. The first-order valence-electron chi connectivity index (χ1n) is 5.40. The average molecular weight is 240 g/mol.